The van der Waals surface area contributed by atoms with Gasteiger partial charge in [-0.2, -0.15) is 0 Å². The van der Waals surface area contributed by atoms with E-state index in [1.807, 2.05) is 39.0 Å². The fourth-order valence-corrected chi connectivity index (χ4v) is 1.89. The van der Waals surface area contributed by atoms with Crippen LogP contribution in [0.1, 0.15) is 23.9 Å². The molecule has 0 radical (unpaired) electrons. The number of rotatable bonds is 1. The number of hydrogen-bond acceptors (Lipinski definition) is 2. The van der Waals surface area contributed by atoms with E-state index in [-0.39, 0.29) is 18.0 Å². The normalized spacial score (nSPS) is 10.2. The van der Waals surface area contributed by atoms with Gasteiger partial charge < -0.3 is 0 Å². The van der Waals surface area contributed by atoms with Crippen molar-refractivity contribution >= 4 is 18.1 Å². The molecular formula is C12H15ClN2O. The van der Waals surface area contributed by atoms with E-state index in [1.165, 1.54) is 0 Å². The maximum absolute atomic E-state index is 12.1. The van der Waals surface area contributed by atoms with E-state index in [4.69, 9.17) is 0 Å². The van der Waals surface area contributed by atoms with Gasteiger partial charge in [0, 0.05) is 17.0 Å². The van der Waals surface area contributed by atoms with Gasteiger partial charge in [-0.1, -0.05) is 13.0 Å². The molecule has 3 nitrogen and oxygen atoms in total. The predicted molar refractivity (Wildman–Crippen MR) is 67.6 cm³/mol. The summed E-state index contributed by atoms with van der Waals surface area (Å²) in [5.74, 6) is 0. The Kier molecular flexibility index (Phi) is 3.70. The summed E-state index contributed by atoms with van der Waals surface area (Å²) in [6, 6.07) is 5.70. The second-order valence-corrected chi connectivity index (χ2v) is 3.70. The first kappa shape index (κ1) is 12.7. The third-order valence-electron chi connectivity index (χ3n) is 2.70. The van der Waals surface area contributed by atoms with Gasteiger partial charge in [0.1, 0.15) is 5.65 Å². The Morgan fingerprint density at radius 3 is 2.62 bits per heavy atom. The minimum atomic E-state index is 0. The van der Waals surface area contributed by atoms with E-state index in [0.29, 0.717) is 0 Å². The van der Waals surface area contributed by atoms with E-state index in [9.17, 15) is 4.79 Å². The Hall–Kier alpha value is -1.35. The zero-order chi connectivity index (χ0) is 11.0. The van der Waals surface area contributed by atoms with E-state index in [1.54, 1.807) is 4.40 Å². The van der Waals surface area contributed by atoms with Gasteiger partial charge in [-0.3, -0.25) is 9.20 Å². The first-order valence-electron chi connectivity index (χ1n) is 5.13. The number of halogens is 1. The third-order valence-corrected chi connectivity index (χ3v) is 2.70. The van der Waals surface area contributed by atoms with Crippen molar-refractivity contribution in [3.63, 3.8) is 0 Å². The van der Waals surface area contributed by atoms with Crippen molar-refractivity contribution in [2.45, 2.75) is 27.2 Å². The van der Waals surface area contributed by atoms with E-state index >= 15 is 0 Å². The average Bonchev–Trinajstić information content (AvgIpc) is 2.17. The van der Waals surface area contributed by atoms with Crippen LogP contribution in [0.25, 0.3) is 5.65 Å². The highest BCUT2D eigenvalue weighted by Crippen LogP contribution is 2.06. The first-order chi connectivity index (χ1) is 7.15. The second-order valence-electron chi connectivity index (χ2n) is 3.70. The monoisotopic (exact) mass is 238 g/mol. The van der Waals surface area contributed by atoms with Gasteiger partial charge in [-0.25, -0.2) is 4.98 Å². The van der Waals surface area contributed by atoms with Gasteiger partial charge >= 0.3 is 0 Å². The van der Waals surface area contributed by atoms with Crippen molar-refractivity contribution < 1.29 is 0 Å². The molecule has 0 fully saturated rings. The molecule has 16 heavy (non-hydrogen) atoms. The Bertz CT molecular complexity index is 575. The van der Waals surface area contributed by atoms with Crippen molar-refractivity contribution in [1.82, 2.24) is 9.38 Å². The standard InChI is InChI=1S/C12H14N2O.ClH/c1-4-10-9(3)13-11-7-5-6-8(2)14(11)12(10)15;/h5-7H,4H2,1-3H3;1H. The molecule has 2 aromatic rings. The summed E-state index contributed by atoms with van der Waals surface area (Å²) in [4.78, 5) is 16.6. The second kappa shape index (κ2) is 4.66. The largest absolute Gasteiger partial charge is 0.269 e. The molecule has 2 rings (SSSR count). The fraction of sp³-hybridized carbons (Fsp3) is 0.333. The maximum atomic E-state index is 12.1. The van der Waals surface area contributed by atoms with Gasteiger partial charge in [0.2, 0.25) is 0 Å². The number of fused-ring (bicyclic) bond motifs is 1. The van der Waals surface area contributed by atoms with Crippen molar-refractivity contribution in [3.05, 3.63) is 45.5 Å². The summed E-state index contributed by atoms with van der Waals surface area (Å²) >= 11 is 0. The predicted octanol–water partition coefficient (Wildman–Crippen LogP) is 2.30. The number of nitrogens with zero attached hydrogens (tertiary/aromatic N) is 2. The molecule has 0 atom stereocenters. The van der Waals surface area contributed by atoms with Crippen LogP contribution in [0.4, 0.5) is 0 Å². The smallest absolute Gasteiger partial charge is 0.261 e. The molecule has 0 aliphatic rings. The Labute approximate surface area is 101 Å². The van der Waals surface area contributed by atoms with Crippen LogP contribution in [0.2, 0.25) is 0 Å². The molecule has 2 heterocycles. The molecular weight excluding hydrogens is 224 g/mol. The Balaban J connectivity index is 0.00000128. The summed E-state index contributed by atoms with van der Waals surface area (Å²) in [6.45, 7) is 5.80. The minimum absolute atomic E-state index is 0. The molecule has 0 aliphatic heterocycles. The molecule has 0 saturated carbocycles. The number of pyridine rings is 1. The highest BCUT2D eigenvalue weighted by molar-refractivity contribution is 5.85. The van der Waals surface area contributed by atoms with E-state index in [0.717, 1.165) is 29.0 Å². The number of hydrogen-bond donors (Lipinski definition) is 0. The lowest BCUT2D eigenvalue weighted by molar-refractivity contribution is 0.912. The molecule has 0 N–H and O–H groups in total. The zero-order valence-electron chi connectivity index (χ0n) is 9.65. The molecule has 0 spiro atoms. The van der Waals surface area contributed by atoms with Crippen LogP contribution in [0.15, 0.2) is 23.0 Å². The molecule has 86 valence electrons. The lowest BCUT2D eigenvalue weighted by Gasteiger charge is -2.08. The molecule has 0 aliphatic carbocycles. The lowest BCUT2D eigenvalue weighted by atomic mass is 10.2. The van der Waals surface area contributed by atoms with E-state index in [2.05, 4.69) is 4.98 Å². The van der Waals surface area contributed by atoms with Gasteiger partial charge in [0.25, 0.3) is 5.56 Å². The molecule has 0 aromatic carbocycles. The van der Waals surface area contributed by atoms with Crippen LogP contribution < -0.4 is 5.56 Å². The molecule has 2 aromatic heterocycles. The first-order valence-corrected chi connectivity index (χ1v) is 5.13. The van der Waals surface area contributed by atoms with Crippen LogP contribution in [0.3, 0.4) is 0 Å². The number of aryl methyl sites for hydroxylation is 2. The zero-order valence-corrected chi connectivity index (χ0v) is 10.5. The van der Waals surface area contributed by atoms with Crippen molar-refractivity contribution in [2.24, 2.45) is 0 Å². The topological polar surface area (TPSA) is 34.4 Å². The molecule has 0 saturated heterocycles. The summed E-state index contributed by atoms with van der Waals surface area (Å²) in [6.07, 6.45) is 0.731. The molecule has 0 unspecified atom stereocenters. The van der Waals surface area contributed by atoms with Gasteiger partial charge in [0.05, 0.1) is 0 Å². The summed E-state index contributed by atoms with van der Waals surface area (Å²) in [7, 11) is 0. The van der Waals surface area contributed by atoms with Crippen LogP contribution in [-0.4, -0.2) is 9.38 Å². The number of aromatic nitrogens is 2. The Morgan fingerprint density at radius 1 is 1.31 bits per heavy atom. The highest BCUT2D eigenvalue weighted by atomic mass is 35.5. The average molecular weight is 239 g/mol. The lowest BCUT2D eigenvalue weighted by Crippen LogP contribution is -2.22. The molecule has 0 bridgehead atoms. The molecule has 0 amide bonds. The van der Waals surface area contributed by atoms with Crippen LogP contribution >= 0.6 is 12.4 Å². The third kappa shape index (κ3) is 1.83. The van der Waals surface area contributed by atoms with Crippen LogP contribution in [-0.2, 0) is 6.42 Å². The Morgan fingerprint density at radius 2 is 2.00 bits per heavy atom. The van der Waals surface area contributed by atoms with Gasteiger partial charge in [-0.05, 0) is 32.4 Å². The molecule has 4 heteroatoms. The highest BCUT2D eigenvalue weighted by Gasteiger charge is 2.08. The van der Waals surface area contributed by atoms with Gasteiger partial charge in [-0.15, -0.1) is 12.4 Å². The summed E-state index contributed by atoms with van der Waals surface area (Å²) < 4.78 is 1.67. The summed E-state index contributed by atoms with van der Waals surface area (Å²) in [5.41, 5.74) is 3.38. The summed E-state index contributed by atoms with van der Waals surface area (Å²) in [5, 5.41) is 0. The SMILES string of the molecule is CCc1c(C)nc2cccc(C)n2c1=O.Cl. The van der Waals surface area contributed by atoms with Crippen molar-refractivity contribution in [3.8, 4) is 0 Å². The fourth-order valence-electron chi connectivity index (χ4n) is 1.89. The van der Waals surface area contributed by atoms with Crippen molar-refractivity contribution in [1.29, 1.82) is 0 Å². The van der Waals surface area contributed by atoms with Crippen LogP contribution in [0.5, 0.6) is 0 Å². The quantitative estimate of drug-likeness (QED) is 0.764. The maximum Gasteiger partial charge on any atom is 0.261 e. The minimum Gasteiger partial charge on any atom is -0.269 e. The van der Waals surface area contributed by atoms with Crippen molar-refractivity contribution in [2.75, 3.05) is 0 Å². The van der Waals surface area contributed by atoms with Crippen LogP contribution in [0, 0.1) is 13.8 Å². The van der Waals surface area contributed by atoms with Gasteiger partial charge in [0.15, 0.2) is 0 Å². The van der Waals surface area contributed by atoms with E-state index < -0.39 is 0 Å².